The van der Waals surface area contributed by atoms with Gasteiger partial charge in [-0.1, -0.05) is 18.2 Å². The number of anilines is 1. The molecule has 2 aliphatic heterocycles. The molecule has 0 atom stereocenters. The normalized spacial score (nSPS) is 19.4. The van der Waals surface area contributed by atoms with Crippen molar-refractivity contribution in [3.63, 3.8) is 0 Å². The van der Waals surface area contributed by atoms with Crippen molar-refractivity contribution >= 4 is 30.1 Å². The van der Waals surface area contributed by atoms with Crippen LogP contribution in [0.1, 0.15) is 18.4 Å². The summed E-state index contributed by atoms with van der Waals surface area (Å²) in [6.07, 6.45) is 5.81. The molecular weight excluding hydrogens is 288 g/mol. The fraction of sp³-hybridized carbons (Fsp3) is 0.438. The van der Waals surface area contributed by atoms with Crippen molar-refractivity contribution in [1.82, 2.24) is 5.32 Å². The van der Waals surface area contributed by atoms with E-state index in [1.165, 1.54) is 31.7 Å². The average molecular weight is 309 g/mol. The molecular formula is C16H21ClN2O2. The van der Waals surface area contributed by atoms with Crippen LogP contribution in [-0.4, -0.2) is 38.3 Å². The van der Waals surface area contributed by atoms with E-state index in [0.717, 1.165) is 25.2 Å². The summed E-state index contributed by atoms with van der Waals surface area (Å²) in [6, 6.07) is 8.25. The lowest BCUT2D eigenvalue weighted by Crippen LogP contribution is -2.66. The van der Waals surface area contributed by atoms with Crippen molar-refractivity contribution in [2.75, 3.05) is 31.6 Å². The maximum atomic E-state index is 11.3. The van der Waals surface area contributed by atoms with Gasteiger partial charge < -0.3 is 15.0 Å². The Morgan fingerprint density at radius 3 is 2.81 bits per heavy atom. The van der Waals surface area contributed by atoms with Gasteiger partial charge in [-0.25, -0.2) is 4.79 Å². The number of hydrogen-bond acceptors (Lipinski definition) is 4. The molecule has 4 nitrogen and oxygen atoms in total. The highest BCUT2D eigenvalue weighted by Crippen LogP contribution is 2.38. The van der Waals surface area contributed by atoms with Gasteiger partial charge in [0.15, 0.2) is 0 Å². The third-order valence-corrected chi connectivity index (χ3v) is 4.33. The summed E-state index contributed by atoms with van der Waals surface area (Å²) in [5.74, 6) is -0.318. The largest absolute Gasteiger partial charge is 0.466 e. The van der Waals surface area contributed by atoms with Crippen LogP contribution < -0.4 is 10.2 Å². The third-order valence-electron chi connectivity index (χ3n) is 4.33. The highest BCUT2D eigenvalue weighted by Gasteiger charge is 2.46. The summed E-state index contributed by atoms with van der Waals surface area (Å²) >= 11 is 0. The van der Waals surface area contributed by atoms with Crippen molar-refractivity contribution in [1.29, 1.82) is 0 Å². The van der Waals surface area contributed by atoms with E-state index in [2.05, 4.69) is 27.1 Å². The van der Waals surface area contributed by atoms with Crippen LogP contribution in [0, 0.1) is 0 Å². The summed E-state index contributed by atoms with van der Waals surface area (Å²) in [4.78, 5) is 13.8. The van der Waals surface area contributed by atoms with E-state index in [9.17, 15) is 4.79 Å². The fourth-order valence-electron chi connectivity index (χ4n) is 3.20. The summed E-state index contributed by atoms with van der Waals surface area (Å²) in [5.41, 5.74) is 2.58. The zero-order valence-electron chi connectivity index (χ0n) is 12.2. The number of nitrogens with one attached hydrogen (secondary N) is 1. The van der Waals surface area contributed by atoms with Crippen molar-refractivity contribution < 1.29 is 9.53 Å². The Balaban J connectivity index is 0.00000161. The van der Waals surface area contributed by atoms with Gasteiger partial charge in [0, 0.05) is 31.4 Å². The Morgan fingerprint density at radius 2 is 2.14 bits per heavy atom. The quantitative estimate of drug-likeness (QED) is 0.687. The van der Waals surface area contributed by atoms with E-state index in [1.807, 2.05) is 18.2 Å². The zero-order chi connectivity index (χ0) is 14.0. The van der Waals surface area contributed by atoms with Crippen LogP contribution in [0.25, 0.3) is 6.08 Å². The number of halogens is 1. The Hall–Kier alpha value is -1.52. The van der Waals surface area contributed by atoms with Crippen LogP contribution in [0.3, 0.4) is 0 Å². The molecule has 1 N–H and O–H groups in total. The number of carbonyl (C=O) groups excluding carboxylic acids is 1. The molecule has 5 heteroatoms. The second-order valence-corrected chi connectivity index (χ2v) is 5.50. The van der Waals surface area contributed by atoms with Gasteiger partial charge in [-0.3, -0.25) is 0 Å². The van der Waals surface area contributed by atoms with Gasteiger partial charge in [0.2, 0.25) is 0 Å². The van der Waals surface area contributed by atoms with Crippen LogP contribution in [0.2, 0.25) is 0 Å². The van der Waals surface area contributed by atoms with E-state index < -0.39 is 0 Å². The molecule has 0 bridgehead atoms. The molecule has 0 amide bonds. The minimum atomic E-state index is -0.318. The van der Waals surface area contributed by atoms with Gasteiger partial charge in [0.1, 0.15) is 0 Å². The minimum Gasteiger partial charge on any atom is -0.466 e. The van der Waals surface area contributed by atoms with Gasteiger partial charge in [0.25, 0.3) is 0 Å². The Kier molecular flexibility index (Phi) is 4.91. The number of nitrogens with zero attached hydrogens (tertiary/aromatic N) is 1. The molecule has 114 valence electrons. The number of rotatable bonds is 3. The number of hydrogen-bond donors (Lipinski definition) is 1. The Labute approximate surface area is 131 Å². The predicted octanol–water partition coefficient (Wildman–Crippen LogP) is 2.24. The molecule has 0 radical (unpaired) electrons. The molecule has 1 spiro atoms. The standard InChI is InChI=1S/C16H20N2O2.ClH/c1-20-15(19)8-7-13-5-2-3-6-14(13)18-10-4-9-16(18)11-17-12-16;/h2-3,5-8,17H,4,9-12H2,1H3;1H. The number of esters is 1. The maximum Gasteiger partial charge on any atom is 0.330 e. The molecule has 0 aromatic heterocycles. The summed E-state index contributed by atoms with van der Waals surface area (Å²) < 4.78 is 4.66. The minimum absolute atomic E-state index is 0. The zero-order valence-corrected chi connectivity index (χ0v) is 13.0. The van der Waals surface area contributed by atoms with Crippen molar-refractivity contribution in [2.24, 2.45) is 0 Å². The van der Waals surface area contributed by atoms with Crippen molar-refractivity contribution in [3.8, 4) is 0 Å². The first kappa shape index (κ1) is 15.9. The summed E-state index contributed by atoms with van der Waals surface area (Å²) in [7, 11) is 1.40. The monoisotopic (exact) mass is 308 g/mol. The van der Waals surface area contributed by atoms with Crippen LogP contribution in [0.5, 0.6) is 0 Å². The van der Waals surface area contributed by atoms with Gasteiger partial charge in [0.05, 0.1) is 12.6 Å². The molecule has 0 unspecified atom stereocenters. The van der Waals surface area contributed by atoms with E-state index in [1.54, 1.807) is 0 Å². The van der Waals surface area contributed by atoms with Crippen molar-refractivity contribution in [3.05, 3.63) is 35.9 Å². The highest BCUT2D eigenvalue weighted by atomic mass is 35.5. The molecule has 2 saturated heterocycles. The molecule has 2 aliphatic rings. The summed E-state index contributed by atoms with van der Waals surface area (Å²) in [5, 5.41) is 3.39. The smallest absolute Gasteiger partial charge is 0.330 e. The first-order chi connectivity index (χ1) is 9.75. The predicted molar refractivity (Wildman–Crippen MR) is 86.9 cm³/mol. The molecule has 2 fully saturated rings. The van der Waals surface area contributed by atoms with Crippen LogP contribution in [-0.2, 0) is 9.53 Å². The van der Waals surface area contributed by atoms with E-state index in [-0.39, 0.29) is 23.9 Å². The number of ether oxygens (including phenoxy) is 1. The van der Waals surface area contributed by atoms with Crippen molar-refractivity contribution in [2.45, 2.75) is 18.4 Å². The van der Waals surface area contributed by atoms with Gasteiger partial charge in [-0.15, -0.1) is 12.4 Å². The molecule has 0 aliphatic carbocycles. The molecule has 21 heavy (non-hydrogen) atoms. The second kappa shape index (κ2) is 6.50. The second-order valence-electron chi connectivity index (χ2n) is 5.50. The molecule has 3 rings (SSSR count). The highest BCUT2D eigenvalue weighted by molar-refractivity contribution is 5.88. The number of methoxy groups -OCH3 is 1. The maximum absolute atomic E-state index is 11.3. The van der Waals surface area contributed by atoms with Gasteiger partial charge in [-0.2, -0.15) is 0 Å². The van der Waals surface area contributed by atoms with E-state index in [0.29, 0.717) is 0 Å². The summed E-state index contributed by atoms with van der Waals surface area (Å²) in [6.45, 7) is 3.20. The van der Waals surface area contributed by atoms with Crippen LogP contribution in [0.4, 0.5) is 5.69 Å². The van der Waals surface area contributed by atoms with Gasteiger partial charge in [-0.05, 0) is 30.5 Å². The van der Waals surface area contributed by atoms with E-state index >= 15 is 0 Å². The Morgan fingerprint density at radius 1 is 1.38 bits per heavy atom. The third kappa shape index (κ3) is 2.92. The molecule has 2 heterocycles. The number of benzene rings is 1. The SMILES string of the molecule is COC(=O)C=Cc1ccccc1N1CCCC12CNC2.Cl. The lowest BCUT2D eigenvalue weighted by atomic mass is 9.88. The fourth-order valence-corrected chi connectivity index (χ4v) is 3.20. The average Bonchev–Trinajstić information content (AvgIpc) is 2.89. The molecule has 1 aromatic carbocycles. The van der Waals surface area contributed by atoms with Crippen LogP contribution >= 0.6 is 12.4 Å². The topological polar surface area (TPSA) is 41.6 Å². The molecule has 0 saturated carbocycles. The number of para-hydroxylation sites is 1. The lowest BCUT2D eigenvalue weighted by Gasteiger charge is -2.48. The molecule has 1 aromatic rings. The first-order valence-corrected chi connectivity index (χ1v) is 7.09. The Bertz CT molecular complexity index is 541. The lowest BCUT2D eigenvalue weighted by molar-refractivity contribution is -0.134. The van der Waals surface area contributed by atoms with Crippen LogP contribution in [0.15, 0.2) is 30.3 Å². The first-order valence-electron chi connectivity index (χ1n) is 7.09. The number of carbonyl (C=O) groups is 1. The van der Waals surface area contributed by atoms with E-state index in [4.69, 9.17) is 0 Å². The van der Waals surface area contributed by atoms with Gasteiger partial charge >= 0.3 is 5.97 Å².